The molecule has 0 radical (unpaired) electrons. The highest BCUT2D eigenvalue weighted by Gasteiger charge is 2.72. The number of piperidine rings is 1. The maximum Gasteiger partial charge on any atom is 0.241 e. The van der Waals surface area contributed by atoms with Gasteiger partial charge in [-0.2, -0.15) is 0 Å². The Morgan fingerprint density at radius 1 is 1.17 bits per heavy atom. The molecular formula is C17H26N2O3S. The number of hydrogen-bond donors (Lipinski definition) is 0. The molecule has 2 aliphatic carbocycles. The van der Waals surface area contributed by atoms with Crippen LogP contribution in [0.1, 0.15) is 39.5 Å². The highest BCUT2D eigenvalue weighted by Crippen LogP contribution is 2.70. The Kier molecular flexibility index (Phi) is 2.64. The molecule has 5 nitrogen and oxygen atoms in total. The van der Waals surface area contributed by atoms with E-state index < -0.39 is 10.0 Å². The summed E-state index contributed by atoms with van der Waals surface area (Å²) in [4.78, 5) is 15.5. The Labute approximate surface area is 138 Å². The van der Waals surface area contributed by atoms with Gasteiger partial charge in [-0.3, -0.25) is 4.79 Å². The van der Waals surface area contributed by atoms with Gasteiger partial charge in [0.15, 0.2) is 0 Å². The highest BCUT2D eigenvalue weighted by molar-refractivity contribution is 7.90. The first-order chi connectivity index (χ1) is 10.8. The number of sulfonamides is 1. The van der Waals surface area contributed by atoms with Gasteiger partial charge in [-0.25, -0.2) is 12.7 Å². The predicted octanol–water partition coefficient (Wildman–Crippen LogP) is 1.31. The summed E-state index contributed by atoms with van der Waals surface area (Å²) < 4.78 is 27.3. The molecule has 1 unspecified atom stereocenters. The van der Waals surface area contributed by atoms with Crippen molar-refractivity contribution in [2.24, 2.45) is 28.6 Å². The molecule has 0 aromatic heterocycles. The van der Waals surface area contributed by atoms with Crippen LogP contribution in [0.15, 0.2) is 0 Å². The molecule has 5 aliphatic rings. The number of amides is 1. The molecule has 23 heavy (non-hydrogen) atoms. The Morgan fingerprint density at radius 2 is 1.96 bits per heavy atom. The Bertz CT molecular complexity index is 688. The molecule has 2 saturated carbocycles. The third-order valence-corrected chi connectivity index (χ3v) is 10.2. The molecule has 1 amide bonds. The summed E-state index contributed by atoms with van der Waals surface area (Å²) in [5, 5.41) is 0. The zero-order valence-electron chi connectivity index (χ0n) is 14.0. The van der Waals surface area contributed by atoms with Crippen molar-refractivity contribution in [1.82, 2.24) is 9.21 Å². The number of rotatable bonds is 1. The zero-order valence-corrected chi connectivity index (χ0v) is 14.8. The second-order valence-corrected chi connectivity index (χ2v) is 11.0. The average molecular weight is 338 g/mol. The van der Waals surface area contributed by atoms with Gasteiger partial charge < -0.3 is 4.90 Å². The monoisotopic (exact) mass is 338 g/mol. The molecular weight excluding hydrogens is 312 g/mol. The van der Waals surface area contributed by atoms with E-state index in [1.807, 2.05) is 0 Å². The molecule has 0 N–H and O–H groups in total. The van der Waals surface area contributed by atoms with Gasteiger partial charge in [0.25, 0.3) is 0 Å². The molecule has 4 bridgehead atoms. The predicted molar refractivity (Wildman–Crippen MR) is 86.0 cm³/mol. The van der Waals surface area contributed by atoms with Crippen molar-refractivity contribution in [3.8, 4) is 0 Å². The van der Waals surface area contributed by atoms with Gasteiger partial charge in [-0.1, -0.05) is 13.8 Å². The largest absolute Gasteiger partial charge is 0.302 e. The van der Waals surface area contributed by atoms with Crippen LogP contribution in [0.3, 0.4) is 0 Å². The normalized spacial score (nSPS) is 51.4. The molecule has 1 spiro atoms. The van der Waals surface area contributed by atoms with Crippen molar-refractivity contribution in [2.45, 2.75) is 45.6 Å². The standard InChI is InChI=1S/C17H26N2O3S/c1-16(2)12-3-5-17(16)10-23(21,22)19(14(17)7-12)15(20)13-9-18-6-4-11(13)8-18/h11-14H,3-10H2,1-2H3/t11-,12+,13+,14+,17+/m0/s1. The fourth-order valence-corrected chi connectivity index (χ4v) is 9.39. The van der Waals surface area contributed by atoms with E-state index in [2.05, 4.69) is 18.7 Å². The summed E-state index contributed by atoms with van der Waals surface area (Å²) in [6.45, 7) is 7.29. The lowest BCUT2D eigenvalue weighted by atomic mass is 9.69. The lowest BCUT2D eigenvalue weighted by Gasteiger charge is -2.37. The molecule has 128 valence electrons. The van der Waals surface area contributed by atoms with Crippen LogP contribution in [-0.2, 0) is 14.8 Å². The van der Waals surface area contributed by atoms with Crippen molar-refractivity contribution in [2.75, 3.05) is 25.4 Å². The van der Waals surface area contributed by atoms with Gasteiger partial charge in [0.1, 0.15) is 0 Å². The maximum atomic E-state index is 13.2. The van der Waals surface area contributed by atoms with Crippen LogP contribution in [-0.4, -0.2) is 55.0 Å². The molecule has 0 aromatic rings. The first-order valence-corrected chi connectivity index (χ1v) is 10.7. The van der Waals surface area contributed by atoms with E-state index in [4.69, 9.17) is 0 Å². The second-order valence-electron chi connectivity index (χ2n) is 9.17. The van der Waals surface area contributed by atoms with Crippen LogP contribution in [0.2, 0.25) is 0 Å². The van der Waals surface area contributed by atoms with Crippen LogP contribution in [0.5, 0.6) is 0 Å². The van der Waals surface area contributed by atoms with Gasteiger partial charge in [0.05, 0.1) is 17.7 Å². The molecule has 3 aliphatic heterocycles. The van der Waals surface area contributed by atoms with E-state index in [0.29, 0.717) is 11.8 Å². The Morgan fingerprint density at radius 3 is 2.57 bits per heavy atom. The summed E-state index contributed by atoms with van der Waals surface area (Å²) in [5.41, 5.74) is -0.151. The molecule has 3 heterocycles. The fraction of sp³-hybridized carbons (Fsp3) is 0.941. The van der Waals surface area contributed by atoms with Crippen molar-refractivity contribution < 1.29 is 13.2 Å². The number of carbonyl (C=O) groups excluding carboxylic acids is 1. The van der Waals surface area contributed by atoms with Crippen molar-refractivity contribution >= 4 is 15.9 Å². The van der Waals surface area contributed by atoms with E-state index in [-0.39, 0.29) is 34.4 Å². The van der Waals surface area contributed by atoms with E-state index in [0.717, 1.165) is 45.3 Å². The molecule has 6 atom stereocenters. The van der Waals surface area contributed by atoms with Gasteiger partial charge in [0.2, 0.25) is 15.9 Å². The number of hydrogen-bond acceptors (Lipinski definition) is 4. The average Bonchev–Trinajstić information content (AvgIpc) is 3.21. The fourth-order valence-electron chi connectivity index (χ4n) is 6.81. The molecule has 6 heteroatoms. The SMILES string of the molecule is CC1(C)[C@@H]2CC[C@]13CS(=O)(=O)N(C(=O)[C@@H]1CN4CC[C@H]1C4)[C@@H]3C2. The second kappa shape index (κ2) is 4.13. The van der Waals surface area contributed by atoms with Crippen molar-refractivity contribution in [1.29, 1.82) is 0 Å². The summed E-state index contributed by atoms with van der Waals surface area (Å²) in [7, 11) is -3.45. The van der Waals surface area contributed by atoms with Gasteiger partial charge in [-0.05, 0) is 49.5 Å². The maximum absolute atomic E-state index is 13.2. The molecule has 5 rings (SSSR count). The van der Waals surface area contributed by atoms with E-state index in [1.165, 1.54) is 4.31 Å². The topological polar surface area (TPSA) is 57.7 Å². The summed E-state index contributed by atoms with van der Waals surface area (Å²) in [6.07, 6.45) is 4.03. The Balaban J connectivity index is 1.53. The Hall–Kier alpha value is -0.620. The van der Waals surface area contributed by atoms with Gasteiger partial charge >= 0.3 is 0 Å². The smallest absolute Gasteiger partial charge is 0.241 e. The van der Waals surface area contributed by atoms with E-state index in [1.54, 1.807) is 0 Å². The first kappa shape index (κ1) is 14.7. The van der Waals surface area contributed by atoms with Crippen molar-refractivity contribution in [3.63, 3.8) is 0 Å². The minimum Gasteiger partial charge on any atom is -0.302 e. The summed E-state index contributed by atoms with van der Waals surface area (Å²) >= 11 is 0. The van der Waals surface area contributed by atoms with Crippen LogP contribution in [0.25, 0.3) is 0 Å². The molecule has 3 saturated heterocycles. The molecule has 5 fully saturated rings. The lowest BCUT2D eigenvalue weighted by Crippen LogP contribution is -2.48. The first-order valence-electron chi connectivity index (χ1n) is 9.05. The summed E-state index contributed by atoms with van der Waals surface area (Å²) in [6, 6.07) is -0.0668. The third-order valence-electron chi connectivity index (χ3n) is 8.28. The van der Waals surface area contributed by atoms with E-state index in [9.17, 15) is 13.2 Å². The quantitative estimate of drug-likeness (QED) is 0.723. The number of nitrogens with zero attached hydrogens (tertiary/aromatic N) is 2. The van der Waals surface area contributed by atoms with Gasteiger partial charge in [0, 0.05) is 18.5 Å². The van der Waals surface area contributed by atoms with E-state index >= 15 is 0 Å². The lowest BCUT2D eigenvalue weighted by molar-refractivity contribution is -0.134. The number of carbonyl (C=O) groups is 1. The van der Waals surface area contributed by atoms with Crippen LogP contribution >= 0.6 is 0 Å². The minimum absolute atomic E-state index is 0.0396. The third kappa shape index (κ3) is 1.58. The van der Waals surface area contributed by atoms with Crippen LogP contribution in [0, 0.1) is 28.6 Å². The summed E-state index contributed by atoms with van der Waals surface area (Å²) in [5.74, 6) is 0.974. The highest BCUT2D eigenvalue weighted by atomic mass is 32.2. The minimum atomic E-state index is -3.45. The van der Waals surface area contributed by atoms with Crippen LogP contribution in [0.4, 0.5) is 0 Å². The van der Waals surface area contributed by atoms with Crippen LogP contribution < -0.4 is 0 Å². The molecule has 0 aromatic carbocycles. The van der Waals surface area contributed by atoms with Gasteiger partial charge in [-0.15, -0.1) is 0 Å². The zero-order chi connectivity index (χ0) is 16.2. The van der Waals surface area contributed by atoms with Crippen molar-refractivity contribution in [3.05, 3.63) is 0 Å². The number of fused-ring (bicyclic) bond motifs is 3.